The molecule has 0 radical (unpaired) electrons. The number of aliphatic hydroxyl groups is 2. The van der Waals surface area contributed by atoms with Crippen LogP contribution in [0.3, 0.4) is 0 Å². The Bertz CT molecular complexity index is 399. The predicted molar refractivity (Wildman–Crippen MR) is 181 cm³/mol. The smallest absolute Gasteiger partial charge is 0.331 e. The summed E-state index contributed by atoms with van der Waals surface area (Å²) in [5, 5.41) is 16.8. The fraction of sp³-hybridized carbons (Fsp3) is 0.944. The van der Waals surface area contributed by atoms with Gasteiger partial charge in [-0.15, -0.1) is 0 Å². The summed E-state index contributed by atoms with van der Waals surface area (Å²) in [5.41, 5.74) is 0. The second-order valence-electron chi connectivity index (χ2n) is 11.1. The van der Waals surface area contributed by atoms with Crippen molar-refractivity contribution in [2.75, 3.05) is 26.4 Å². The lowest BCUT2D eigenvalue weighted by Gasteiger charge is -2.04. The molecule has 0 aliphatic heterocycles. The maximum Gasteiger partial charge on any atom is 0.331 e. The van der Waals surface area contributed by atoms with E-state index in [1.165, 1.54) is 116 Å². The summed E-state index contributed by atoms with van der Waals surface area (Å²) in [6.45, 7) is 13.1. The Hall–Kier alpha value is -1.14. The van der Waals surface area contributed by atoms with Gasteiger partial charge in [0.15, 0.2) is 0 Å². The van der Waals surface area contributed by atoms with E-state index in [1.807, 2.05) is 0 Å². The molecule has 0 amide bonds. The lowest BCUT2D eigenvalue weighted by Crippen LogP contribution is -2.10. The monoisotopic (exact) mass is 605 g/mol. The molecule has 0 aliphatic rings. The third-order valence-electron chi connectivity index (χ3n) is 6.69. The summed E-state index contributed by atoms with van der Waals surface area (Å²) in [7, 11) is 0. The first-order valence-electron chi connectivity index (χ1n) is 18.0. The van der Waals surface area contributed by atoms with Crippen LogP contribution < -0.4 is 0 Å². The molecule has 0 aromatic rings. The molecule has 0 heterocycles. The standard InChI is InChI=1S/C12H22O6.3C8H18/c13-9-11(15)17-7-5-3-1-2-4-6-8-18-12(16)10-14;3*1-3-5-7-8-6-4-2/h13-14H,1-10H2;3*3-8H2,1-2H3. The average molecular weight is 605 g/mol. The molecule has 0 aromatic carbocycles. The van der Waals surface area contributed by atoms with Gasteiger partial charge < -0.3 is 19.7 Å². The van der Waals surface area contributed by atoms with Crippen molar-refractivity contribution < 1.29 is 29.3 Å². The molecule has 256 valence electrons. The van der Waals surface area contributed by atoms with E-state index < -0.39 is 25.2 Å². The molecule has 42 heavy (non-hydrogen) atoms. The van der Waals surface area contributed by atoms with Crippen LogP contribution in [-0.2, 0) is 19.1 Å². The fourth-order valence-corrected chi connectivity index (χ4v) is 3.94. The van der Waals surface area contributed by atoms with E-state index in [0.717, 1.165) is 38.5 Å². The summed E-state index contributed by atoms with van der Waals surface area (Å²) in [6, 6.07) is 0. The summed E-state index contributed by atoms with van der Waals surface area (Å²) in [6.07, 6.45) is 31.1. The van der Waals surface area contributed by atoms with E-state index in [1.54, 1.807) is 0 Å². The van der Waals surface area contributed by atoms with Gasteiger partial charge in [-0.3, -0.25) is 0 Å². The molecule has 0 aromatic heterocycles. The van der Waals surface area contributed by atoms with Crippen molar-refractivity contribution in [1.82, 2.24) is 0 Å². The molecular weight excluding hydrogens is 528 g/mol. The highest BCUT2D eigenvalue weighted by Gasteiger charge is 2.00. The Morgan fingerprint density at radius 1 is 0.357 bits per heavy atom. The third kappa shape index (κ3) is 58.5. The molecule has 0 aliphatic carbocycles. The molecule has 0 saturated heterocycles. The Morgan fingerprint density at radius 2 is 0.548 bits per heavy atom. The van der Waals surface area contributed by atoms with Crippen molar-refractivity contribution >= 4 is 11.9 Å². The van der Waals surface area contributed by atoms with Crippen LogP contribution in [0.25, 0.3) is 0 Å². The van der Waals surface area contributed by atoms with Crippen LogP contribution in [-0.4, -0.2) is 48.6 Å². The normalized spacial score (nSPS) is 9.90. The molecule has 0 saturated carbocycles. The van der Waals surface area contributed by atoms with E-state index in [2.05, 4.69) is 41.5 Å². The zero-order valence-corrected chi connectivity index (χ0v) is 29.3. The molecule has 0 atom stereocenters. The Labute approximate surface area is 263 Å². The highest BCUT2D eigenvalue weighted by atomic mass is 16.5. The van der Waals surface area contributed by atoms with Crippen LogP contribution >= 0.6 is 0 Å². The maximum atomic E-state index is 10.6. The molecule has 0 unspecified atom stereocenters. The molecule has 0 spiro atoms. The number of esters is 2. The van der Waals surface area contributed by atoms with Crippen LogP contribution in [0.5, 0.6) is 0 Å². The number of unbranched alkanes of at least 4 members (excludes halogenated alkanes) is 20. The quantitative estimate of drug-likeness (QED) is 0.0753. The van der Waals surface area contributed by atoms with E-state index in [-0.39, 0.29) is 0 Å². The topological polar surface area (TPSA) is 93.1 Å². The molecule has 6 heteroatoms. The number of hydrogen-bond acceptors (Lipinski definition) is 6. The number of carbonyl (C=O) groups is 2. The maximum absolute atomic E-state index is 10.6. The minimum atomic E-state index is -0.583. The predicted octanol–water partition coefficient (Wildman–Crippen LogP) is 10.5. The van der Waals surface area contributed by atoms with Crippen molar-refractivity contribution in [3.63, 3.8) is 0 Å². The minimum Gasteiger partial charge on any atom is -0.464 e. The Kier molecular flexibility index (Phi) is 56.4. The number of rotatable bonds is 26. The Balaban J connectivity index is -0.000000252. The van der Waals surface area contributed by atoms with E-state index in [4.69, 9.17) is 19.7 Å². The molecular formula is C36H76O6. The van der Waals surface area contributed by atoms with E-state index in [9.17, 15) is 9.59 Å². The van der Waals surface area contributed by atoms with Gasteiger partial charge >= 0.3 is 11.9 Å². The zero-order chi connectivity index (χ0) is 32.4. The minimum absolute atomic E-state index is 0.355. The second-order valence-corrected chi connectivity index (χ2v) is 11.1. The van der Waals surface area contributed by atoms with Crippen molar-refractivity contribution in [3.05, 3.63) is 0 Å². The highest BCUT2D eigenvalue weighted by molar-refractivity contribution is 5.70. The number of hydrogen-bond donors (Lipinski definition) is 2. The fourth-order valence-electron chi connectivity index (χ4n) is 3.94. The van der Waals surface area contributed by atoms with Crippen LogP contribution in [0, 0.1) is 0 Å². The van der Waals surface area contributed by atoms with Crippen molar-refractivity contribution in [2.45, 2.75) is 196 Å². The molecule has 0 bridgehead atoms. The number of ether oxygens (including phenoxy) is 2. The second kappa shape index (κ2) is 49.5. The third-order valence-corrected chi connectivity index (χ3v) is 6.69. The highest BCUT2D eigenvalue weighted by Crippen LogP contribution is 2.06. The number of carbonyl (C=O) groups excluding carboxylic acids is 2. The van der Waals surface area contributed by atoms with Gasteiger partial charge in [0.05, 0.1) is 13.2 Å². The van der Waals surface area contributed by atoms with Gasteiger partial charge in [-0.25, -0.2) is 9.59 Å². The average Bonchev–Trinajstić information content (AvgIpc) is 3.01. The van der Waals surface area contributed by atoms with Crippen molar-refractivity contribution in [3.8, 4) is 0 Å². The van der Waals surface area contributed by atoms with Gasteiger partial charge in [0.2, 0.25) is 0 Å². The van der Waals surface area contributed by atoms with Crippen LogP contribution in [0.1, 0.15) is 196 Å². The molecule has 6 nitrogen and oxygen atoms in total. The number of aliphatic hydroxyl groups excluding tert-OH is 2. The van der Waals surface area contributed by atoms with Gasteiger partial charge in [0.25, 0.3) is 0 Å². The van der Waals surface area contributed by atoms with Crippen molar-refractivity contribution in [1.29, 1.82) is 0 Å². The first kappa shape index (κ1) is 47.8. The first-order valence-corrected chi connectivity index (χ1v) is 18.0. The van der Waals surface area contributed by atoms with Gasteiger partial charge in [-0.1, -0.05) is 183 Å². The molecule has 0 fully saturated rings. The Morgan fingerprint density at radius 3 is 0.738 bits per heavy atom. The van der Waals surface area contributed by atoms with Gasteiger partial charge in [-0.05, 0) is 12.8 Å². The van der Waals surface area contributed by atoms with Gasteiger partial charge in [0.1, 0.15) is 13.2 Å². The SMILES string of the molecule is CCCCCCCC.CCCCCCCC.CCCCCCCC.O=C(CO)OCCCCCCCCOC(=O)CO. The van der Waals surface area contributed by atoms with Crippen LogP contribution in [0.15, 0.2) is 0 Å². The van der Waals surface area contributed by atoms with Crippen LogP contribution in [0.2, 0.25) is 0 Å². The lowest BCUT2D eigenvalue weighted by molar-refractivity contribution is -0.147. The summed E-state index contributed by atoms with van der Waals surface area (Å²) in [4.78, 5) is 21.1. The van der Waals surface area contributed by atoms with Crippen LogP contribution in [0.4, 0.5) is 0 Å². The van der Waals surface area contributed by atoms with E-state index in [0.29, 0.717) is 13.2 Å². The van der Waals surface area contributed by atoms with Gasteiger partial charge in [0, 0.05) is 0 Å². The van der Waals surface area contributed by atoms with E-state index >= 15 is 0 Å². The van der Waals surface area contributed by atoms with Gasteiger partial charge in [-0.2, -0.15) is 0 Å². The summed E-state index contributed by atoms with van der Waals surface area (Å²) < 4.78 is 9.41. The largest absolute Gasteiger partial charge is 0.464 e. The summed E-state index contributed by atoms with van der Waals surface area (Å²) >= 11 is 0. The first-order chi connectivity index (χ1) is 20.4. The molecule has 2 N–H and O–H groups in total. The van der Waals surface area contributed by atoms with Crippen molar-refractivity contribution in [2.24, 2.45) is 0 Å². The lowest BCUT2D eigenvalue weighted by atomic mass is 10.1. The zero-order valence-electron chi connectivity index (χ0n) is 29.3. The molecule has 0 rings (SSSR count). The summed E-state index contributed by atoms with van der Waals surface area (Å²) in [5.74, 6) is -1.17.